The maximum absolute atomic E-state index is 11.8. The average molecular weight is 405 g/mol. The Morgan fingerprint density at radius 3 is 2.57 bits per heavy atom. The maximum Gasteiger partial charge on any atom is 0.361 e. The predicted molar refractivity (Wildman–Crippen MR) is 77.3 cm³/mol. The van der Waals surface area contributed by atoms with E-state index in [2.05, 4.69) is 19.2 Å². The normalized spacial score (nSPS) is 16.8. The molecule has 1 aromatic carbocycles. The third-order valence-corrected chi connectivity index (χ3v) is 3.78. The number of esters is 1. The number of nitrogens with zero attached hydrogens (tertiary/aromatic N) is 1. The van der Waals surface area contributed by atoms with Crippen molar-refractivity contribution in [3.8, 4) is 0 Å². The largest absolute Gasteiger partial charge is 1.00 e. The lowest BCUT2D eigenvalue weighted by atomic mass is 10.1. The van der Waals surface area contributed by atoms with Crippen LogP contribution in [0.4, 0.5) is 0 Å². The maximum atomic E-state index is 11.8. The Labute approximate surface area is 144 Å². The summed E-state index contributed by atoms with van der Waals surface area (Å²) < 4.78 is 11.4. The number of halogens is 1. The number of likely N-dealkylation sites (N-methyl/N-ethyl adjacent to an activating group) is 1. The van der Waals surface area contributed by atoms with Gasteiger partial charge in [-0.15, -0.1) is 0 Å². The highest BCUT2D eigenvalue weighted by Crippen LogP contribution is 2.08. The third kappa shape index (κ3) is 6.76. The minimum absolute atomic E-state index is 0. The van der Waals surface area contributed by atoms with Crippen molar-refractivity contribution < 1.29 is 42.7 Å². The van der Waals surface area contributed by atoms with Gasteiger partial charge in [0.15, 0.2) is 6.54 Å². The van der Waals surface area contributed by atoms with E-state index < -0.39 is 0 Å². The van der Waals surface area contributed by atoms with Crippen molar-refractivity contribution in [1.29, 1.82) is 0 Å². The Morgan fingerprint density at radius 2 is 1.90 bits per heavy atom. The van der Waals surface area contributed by atoms with Gasteiger partial charge in [0.1, 0.15) is 13.1 Å². The molecule has 0 N–H and O–H groups in total. The highest BCUT2D eigenvalue weighted by atomic mass is 127. The highest BCUT2D eigenvalue weighted by Gasteiger charge is 2.28. The summed E-state index contributed by atoms with van der Waals surface area (Å²) in [4.78, 5) is 11.8. The van der Waals surface area contributed by atoms with Gasteiger partial charge in [-0.1, -0.05) is 30.3 Å². The first kappa shape index (κ1) is 18.4. The van der Waals surface area contributed by atoms with Gasteiger partial charge in [0, 0.05) is 0 Å². The standard InChI is InChI=1S/C16H24NO3.HI/c1-17(9-12-19-13-10-17)14-16(18)20-11-5-8-15-6-3-2-4-7-15;/h2-4,6-7H,5,8-14H2,1H3;1H/q+1;/p-1. The first-order valence-electron chi connectivity index (χ1n) is 7.29. The van der Waals surface area contributed by atoms with Gasteiger partial charge in [-0.3, -0.25) is 0 Å². The van der Waals surface area contributed by atoms with Crippen molar-refractivity contribution >= 4 is 5.97 Å². The monoisotopic (exact) mass is 405 g/mol. The summed E-state index contributed by atoms with van der Waals surface area (Å²) in [5, 5.41) is 0. The molecule has 0 spiro atoms. The van der Waals surface area contributed by atoms with Crippen LogP contribution in [0.1, 0.15) is 12.0 Å². The van der Waals surface area contributed by atoms with Gasteiger partial charge in [-0.2, -0.15) is 0 Å². The van der Waals surface area contributed by atoms with E-state index in [1.165, 1.54) is 5.56 Å². The zero-order chi connectivity index (χ0) is 14.3. The molecule has 1 saturated heterocycles. The molecule has 118 valence electrons. The Bertz CT molecular complexity index is 419. The Kier molecular flexibility index (Phi) is 8.21. The lowest BCUT2D eigenvalue weighted by molar-refractivity contribution is -0.910. The Hall–Kier alpha value is -0.660. The van der Waals surface area contributed by atoms with E-state index in [0.717, 1.165) is 43.6 Å². The van der Waals surface area contributed by atoms with Crippen molar-refractivity contribution in [1.82, 2.24) is 0 Å². The zero-order valence-corrected chi connectivity index (χ0v) is 14.8. The van der Waals surface area contributed by atoms with Crippen LogP contribution in [0.15, 0.2) is 30.3 Å². The molecule has 1 aliphatic rings. The number of rotatable bonds is 6. The molecular weight excluding hydrogens is 381 g/mol. The van der Waals surface area contributed by atoms with Crippen molar-refractivity contribution in [3.63, 3.8) is 0 Å². The molecule has 0 amide bonds. The minimum Gasteiger partial charge on any atom is -1.00 e. The minimum atomic E-state index is -0.0949. The Morgan fingerprint density at radius 1 is 1.24 bits per heavy atom. The van der Waals surface area contributed by atoms with Gasteiger partial charge in [-0.25, -0.2) is 4.79 Å². The summed E-state index contributed by atoms with van der Waals surface area (Å²) in [6, 6.07) is 10.3. The van der Waals surface area contributed by atoms with Gasteiger partial charge in [0.2, 0.25) is 0 Å². The summed E-state index contributed by atoms with van der Waals surface area (Å²) in [5.41, 5.74) is 1.29. The summed E-state index contributed by atoms with van der Waals surface area (Å²) in [6.45, 7) is 4.20. The van der Waals surface area contributed by atoms with Crippen molar-refractivity contribution in [2.75, 3.05) is 46.5 Å². The highest BCUT2D eigenvalue weighted by molar-refractivity contribution is 5.70. The second-order valence-corrected chi connectivity index (χ2v) is 5.65. The molecule has 0 aromatic heterocycles. The molecular formula is C16H24INO3. The molecule has 0 saturated carbocycles. The van der Waals surface area contributed by atoms with Crippen LogP contribution in [0.2, 0.25) is 0 Å². The van der Waals surface area contributed by atoms with Crippen molar-refractivity contribution in [3.05, 3.63) is 35.9 Å². The summed E-state index contributed by atoms with van der Waals surface area (Å²) >= 11 is 0. The van der Waals surface area contributed by atoms with Gasteiger partial charge in [-0.05, 0) is 18.4 Å². The molecule has 0 atom stereocenters. The van der Waals surface area contributed by atoms with Crippen LogP contribution in [0.25, 0.3) is 0 Å². The SMILES string of the molecule is C[N+]1(CC(=O)OCCCc2ccccc2)CCOCC1.[I-]. The smallest absolute Gasteiger partial charge is 0.361 e. The summed E-state index contributed by atoms with van der Waals surface area (Å²) in [5.74, 6) is -0.0949. The molecule has 1 aromatic rings. The molecule has 0 unspecified atom stereocenters. The van der Waals surface area contributed by atoms with Gasteiger partial charge in [0.05, 0.1) is 26.9 Å². The van der Waals surface area contributed by atoms with Gasteiger partial charge >= 0.3 is 5.97 Å². The molecule has 1 heterocycles. The summed E-state index contributed by atoms with van der Waals surface area (Å²) in [6.07, 6.45) is 1.83. The fraction of sp³-hybridized carbons (Fsp3) is 0.562. The van der Waals surface area contributed by atoms with Crippen molar-refractivity contribution in [2.45, 2.75) is 12.8 Å². The van der Waals surface area contributed by atoms with Crippen LogP contribution in [0.3, 0.4) is 0 Å². The number of hydrogen-bond acceptors (Lipinski definition) is 3. The topological polar surface area (TPSA) is 35.5 Å². The molecule has 1 aliphatic heterocycles. The fourth-order valence-corrected chi connectivity index (χ4v) is 2.41. The van der Waals surface area contributed by atoms with E-state index in [9.17, 15) is 4.79 Å². The molecule has 2 rings (SSSR count). The summed E-state index contributed by atoms with van der Waals surface area (Å²) in [7, 11) is 2.09. The first-order chi connectivity index (χ1) is 9.68. The van der Waals surface area contributed by atoms with Crippen LogP contribution >= 0.6 is 0 Å². The van der Waals surface area contributed by atoms with E-state index in [1.54, 1.807) is 0 Å². The van der Waals surface area contributed by atoms with Crippen LogP contribution in [0, 0.1) is 0 Å². The molecule has 21 heavy (non-hydrogen) atoms. The van der Waals surface area contributed by atoms with Crippen LogP contribution in [-0.4, -0.2) is 57.0 Å². The quantitative estimate of drug-likeness (QED) is 0.254. The van der Waals surface area contributed by atoms with E-state index in [1.807, 2.05) is 18.2 Å². The first-order valence-corrected chi connectivity index (χ1v) is 7.29. The van der Waals surface area contributed by atoms with Crippen LogP contribution < -0.4 is 24.0 Å². The molecule has 0 bridgehead atoms. The number of benzene rings is 1. The number of hydrogen-bond donors (Lipinski definition) is 0. The second kappa shape index (κ2) is 9.38. The number of morpholine rings is 1. The lowest BCUT2D eigenvalue weighted by Gasteiger charge is -2.36. The average Bonchev–Trinajstić information content (AvgIpc) is 2.45. The molecule has 4 nitrogen and oxygen atoms in total. The Balaban J connectivity index is 0.00000220. The van der Waals surface area contributed by atoms with Gasteiger partial charge < -0.3 is 37.9 Å². The molecule has 1 fully saturated rings. The third-order valence-electron chi connectivity index (χ3n) is 3.78. The zero-order valence-electron chi connectivity index (χ0n) is 12.6. The second-order valence-electron chi connectivity index (χ2n) is 5.65. The van der Waals surface area contributed by atoms with E-state index in [4.69, 9.17) is 9.47 Å². The predicted octanol–water partition coefficient (Wildman–Crippen LogP) is -1.36. The lowest BCUT2D eigenvalue weighted by Crippen LogP contribution is -3.00. The van der Waals surface area contributed by atoms with Crippen molar-refractivity contribution in [2.24, 2.45) is 0 Å². The fourth-order valence-electron chi connectivity index (χ4n) is 2.41. The van der Waals surface area contributed by atoms with Crippen LogP contribution in [-0.2, 0) is 20.7 Å². The number of aryl methyl sites for hydroxylation is 1. The number of carbonyl (C=O) groups is 1. The molecule has 0 radical (unpaired) electrons. The molecule has 5 heteroatoms. The van der Waals surface area contributed by atoms with E-state index >= 15 is 0 Å². The number of quaternary nitrogens is 1. The van der Waals surface area contributed by atoms with E-state index in [-0.39, 0.29) is 29.9 Å². The molecule has 0 aliphatic carbocycles. The number of carbonyl (C=O) groups excluding carboxylic acids is 1. The van der Waals surface area contributed by atoms with Crippen LogP contribution in [0.5, 0.6) is 0 Å². The number of ether oxygens (including phenoxy) is 2. The van der Waals surface area contributed by atoms with E-state index in [0.29, 0.717) is 13.2 Å². The van der Waals surface area contributed by atoms with Gasteiger partial charge in [0.25, 0.3) is 0 Å².